The van der Waals surface area contributed by atoms with Gasteiger partial charge in [-0.15, -0.1) is 0 Å². The number of hydrogen-bond donors (Lipinski definition) is 1. The van der Waals surface area contributed by atoms with Gasteiger partial charge in [-0.25, -0.2) is 0 Å². The fraction of sp³-hybridized carbons (Fsp3) is 0.235. The van der Waals surface area contributed by atoms with Crippen LogP contribution in [-0.4, -0.2) is 30.4 Å². The zero-order valence-corrected chi connectivity index (χ0v) is 17.4. The number of nitrogens with zero attached hydrogens (tertiary/aromatic N) is 5. The number of halogens is 3. The van der Waals surface area contributed by atoms with Crippen molar-refractivity contribution in [3.05, 3.63) is 66.9 Å². The van der Waals surface area contributed by atoms with Crippen molar-refractivity contribution in [2.45, 2.75) is 26.4 Å². The van der Waals surface area contributed by atoms with Gasteiger partial charge in [-0.05, 0) is 29.5 Å². The molecule has 152 valence electrons. The largest absolute Gasteiger partial charge is 0.390 e. The normalized spacial score (nSPS) is 10.9. The van der Waals surface area contributed by atoms with Crippen LogP contribution in [0.15, 0.2) is 30.5 Å². The van der Waals surface area contributed by atoms with Crippen molar-refractivity contribution < 1.29 is 9.72 Å². The second-order valence-corrected chi connectivity index (χ2v) is 7.43. The van der Waals surface area contributed by atoms with Gasteiger partial charge in [-0.3, -0.25) is 9.48 Å². The van der Waals surface area contributed by atoms with E-state index in [4.69, 9.17) is 34.8 Å². The SMILES string of the molecule is Cc1cc([N+](=O)[O-])nn1CCC(=O)Nc1nn(Cc2ccc(Cl)cc2Cl)cc1Cl. The van der Waals surface area contributed by atoms with Crippen molar-refractivity contribution in [2.75, 3.05) is 5.32 Å². The molecule has 0 aliphatic carbocycles. The van der Waals surface area contributed by atoms with Crippen molar-refractivity contribution in [3.63, 3.8) is 0 Å². The molecule has 12 heteroatoms. The van der Waals surface area contributed by atoms with Crippen molar-refractivity contribution in [1.82, 2.24) is 19.6 Å². The van der Waals surface area contributed by atoms with Crippen LogP contribution in [0.2, 0.25) is 15.1 Å². The summed E-state index contributed by atoms with van der Waals surface area (Å²) in [6.45, 7) is 2.21. The Labute approximate surface area is 180 Å². The maximum absolute atomic E-state index is 12.2. The van der Waals surface area contributed by atoms with Crippen LogP contribution in [0.4, 0.5) is 11.6 Å². The van der Waals surface area contributed by atoms with Gasteiger partial charge in [0.15, 0.2) is 5.82 Å². The van der Waals surface area contributed by atoms with E-state index in [0.717, 1.165) is 5.56 Å². The van der Waals surface area contributed by atoms with E-state index in [0.29, 0.717) is 22.3 Å². The predicted molar refractivity (Wildman–Crippen MR) is 110 cm³/mol. The molecule has 0 saturated heterocycles. The van der Waals surface area contributed by atoms with Crippen molar-refractivity contribution in [1.29, 1.82) is 0 Å². The van der Waals surface area contributed by atoms with E-state index in [9.17, 15) is 14.9 Å². The molecule has 0 atom stereocenters. The molecule has 3 aromatic rings. The van der Waals surface area contributed by atoms with Gasteiger partial charge in [0, 0.05) is 22.7 Å². The van der Waals surface area contributed by atoms with Crippen LogP contribution in [0.25, 0.3) is 0 Å². The fourth-order valence-electron chi connectivity index (χ4n) is 2.60. The Hall–Kier alpha value is -2.62. The summed E-state index contributed by atoms with van der Waals surface area (Å²) >= 11 is 18.2. The Morgan fingerprint density at radius 2 is 1.97 bits per heavy atom. The Kier molecular flexibility index (Phi) is 6.41. The molecule has 0 aliphatic heterocycles. The highest BCUT2D eigenvalue weighted by Gasteiger charge is 2.17. The quantitative estimate of drug-likeness (QED) is 0.419. The molecule has 0 fully saturated rings. The highest BCUT2D eigenvalue weighted by atomic mass is 35.5. The number of aromatic nitrogens is 4. The first-order chi connectivity index (χ1) is 13.7. The monoisotopic (exact) mass is 456 g/mol. The van der Waals surface area contributed by atoms with Gasteiger partial charge in [0.05, 0.1) is 29.9 Å². The average Bonchev–Trinajstić information content (AvgIpc) is 3.18. The number of aryl methyl sites for hydroxylation is 2. The van der Waals surface area contributed by atoms with E-state index >= 15 is 0 Å². The standard InChI is InChI=1S/C17H15Cl3N6O3/c1-10-6-15(26(28)29)22-25(10)5-4-16(27)21-17-14(20)9-24(23-17)8-11-2-3-12(18)7-13(11)19/h2-3,6-7,9H,4-5,8H2,1H3,(H,21,23,27). The molecule has 1 amide bonds. The van der Waals surface area contributed by atoms with Crippen LogP contribution in [-0.2, 0) is 17.9 Å². The summed E-state index contributed by atoms with van der Waals surface area (Å²) in [6, 6.07) is 6.48. The Morgan fingerprint density at radius 3 is 2.62 bits per heavy atom. The zero-order valence-electron chi connectivity index (χ0n) is 15.1. The number of hydrogen-bond acceptors (Lipinski definition) is 5. The lowest BCUT2D eigenvalue weighted by Crippen LogP contribution is -2.16. The molecular weight excluding hydrogens is 443 g/mol. The van der Waals surface area contributed by atoms with Gasteiger partial charge < -0.3 is 15.4 Å². The molecule has 9 nitrogen and oxygen atoms in total. The lowest BCUT2D eigenvalue weighted by atomic mass is 10.2. The minimum Gasteiger partial charge on any atom is -0.358 e. The molecule has 0 unspecified atom stereocenters. The molecule has 1 N–H and O–H groups in total. The molecular formula is C17H15Cl3N6O3. The van der Waals surface area contributed by atoms with Gasteiger partial charge in [-0.2, -0.15) is 9.78 Å². The molecule has 0 bridgehead atoms. The molecule has 0 saturated carbocycles. The number of amides is 1. The number of nitro groups is 1. The highest BCUT2D eigenvalue weighted by Crippen LogP contribution is 2.24. The fourth-order valence-corrected chi connectivity index (χ4v) is 3.26. The summed E-state index contributed by atoms with van der Waals surface area (Å²) in [5.41, 5.74) is 1.38. The molecule has 2 heterocycles. The van der Waals surface area contributed by atoms with E-state index in [1.54, 1.807) is 36.0 Å². The summed E-state index contributed by atoms with van der Waals surface area (Å²) in [5, 5.41) is 22.8. The predicted octanol–water partition coefficient (Wildman–Crippen LogP) is 4.33. The van der Waals surface area contributed by atoms with Gasteiger partial charge in [0.25, 0.3) is 0 Å². The number of carbonyl (C=O) groups is 1. The first kappa shape index (κ1) is 21.1. The third-order valence-electron chi connectivity index (χ3n) is 4.03. The van der Waals surface area contributed by atoms with Crippen molar-refractivity contribution in [2.24, 2.45) is 0 Å². The van der Waals surface area contributed by atoms with Gasteiger partial charge in [0.2, 0.25) is 5.91 Å². The Bertz CT molecular complexity index is 1080. The summed E-state index contributed by atoms with van der Waals surface area (Å²) in [4.78, 5) is 22.4. The first-order valence-corrected chi connectivity index (χ1v) is 9.52. The van der Waals surface area contributed by atoms with Crippen LogP contribution in [0, 0.1) is 17.0 Å². The van der Waals surface area contributed by atoms with Gasteiger partial charge >= 0.3 is 5.82 Å². The van der Waals surface area contributed by atoms with Crippen LogP contribution < -0.4 is 5.32 Å². The number of carbonyl (C=O) groups excluding carboxylic acids is 1. The van der Waals surface area contributed by atoms with Gasteiger partial charge in [0.1, 0.15) is 5.02 Å². The van der Waals surface area contributed by atoms with Crippen LogP contribution >= 0.6 is 34.8 Å². The van der Waals surface area contributed by atoms with Crippen LogP contribution in [0.1, 0.15) is 17.7 Å². The van der Waals surface area contributed by atoms with E-state index < -0.39 is 4.92 Å². The van der Waals surface area contributed by atoms with E-state index in [-0.39, 0.29) is 35.5 Å². The first-order valence-electron chi connectivity index (χ1n) is 8.38. The molecule has 1 aromatic carbocycles. The van der Waals surface area contributed by atoms with Crippen LogP contribution in [0.5, 0.6) is 0 Å². The third kappa shape index (κ3) is 5.26. The summed E-state index contributed by atoms with van der Waals surface area (Å²) in [6.07, 6.45) is 1.62. The Balaban J connectivity index is 1.61. The summed E-state index contributed by atoms with van der Waals surface area (Å²) in [5.74, 6) is -0.394. The molecule has 2 aromatic heterocycles. The Morgan fingerprint density at radius 1 is 1.21 bits per heavy atom. The van der Waals surface area contributed by atoms with E-state index in [2.05, 4.69) is 15.5 Å². The molecule has 3 rings (SSSR count). The summed E-state index contributed by atoms with van der Waals surface area (Å²) in [7, 11) is 0. The van der Waals surface area contributed by atoms with E-state index in [1.165, 1.54) is 10.7 Å². The van der Waals surface area contributed by atoms with Crippen LogP contribution in [0.3, 0.4) is 0 Å². The lowest BCUT2D eigenvalue weighted by molar-refractivity contribution is -0.389. The number of rotatable bonds is 7. The van der Waals surface area contributed by atoms with Crippen molar-refractivity contribution >= 4 is 52.3 Å². The van der Waals surface area contributed by atoms with E-state index in [1.807, 2.05) is 0 Å². The highest BCUT2D eigenvalue weighted by molar-refractivity contribution is 6.35. The number of benzene rings is 1. The molecule has 0 spiro atoms. The number of anilines is 1. The minimum atomic E-state index is -0.580. The zero-order chi connectivity index (χ0) is 21.1. The maximum atomic E-state index is 12.2. The van der Waals surface area contributed by atoms with Crippen molar-refractivity contribution in [3.8, 4) is 0 Å². The molecule has 0 aliphatic rings. The maximum Gasteiger partial charge on any atom is 0.390 e. The summed E-state index contributed by atoms with van der Waals surface area (Å²) < 4.78 is 2.95. The smallest absolute Gasteiger partial charge is 0.358 e. The second-order valence-electron chi connectivity index (χ2n) is 6.18. The lowest BCUT2D eigenvalue weighted by Gasteiger charge is -2.05. The minimum absolute atomic E-state index is 0.0475. The molecule has 29 heavy (non-hydrogen) atoms. The van der Waals surface area contributed by atoms with Gasteiger partial charge in [-0.1, -0.05) is 40.9 Å². The topological polar surface area (TPSA) is 108 Å². The average molecular weight is 458 g/mol. The molecule has 0 radical (unpaired) electrons. The second kappa shape index (κ2) is 8.81. The third-order valence-corrected chi connectivity index (χ3v) is 4.89. The number of nitrogens with one attached hydrogen (secondary N) is 1.